The molecule has 0 aliphatic rings. The molecule has 0 radical (unpaired) electrons. The normalized spacial score (nSPS) is 10.8. The Morgan fingerprint density at radius 3 is 2.68 bits per heavy atom. The molecule has 25 heavy (non-hydrogen) atoms. The number of aromatic nitrogens is 1. The van der Waals surface area contributed by atoms with Crippen molar-refractivity contribution in [2.75, 3.05) is 19.6 Å². The molecule has 1 aromatic heterocycles. The van der Waals surface area contributed by atoms with Crippen molar-refractivity contribution in [3.8, 4) is 22.8 Å². The van der Waals surface area contributed by atoms with Crippen molar-refractivity contribution < 1.29 is 9.47 Å². The van der Waals surface area contributed by atoms with Crippen LogP contribution < -0.4 is 14.9 Å². The topological polar surface area (TPSA) is 55.7 Å². The van der Waals surface area contributed by atoms with E-state index in [1.165, 1.54) is 11.3 Å². The molecule has 0 saturated carbocycles. The molecule has 7 heteroatoms. The highest BCUT2D eigenvalue weighted by Gasteiger charge is 2.09. The summed E-state index contributed by atoms with van der Waals surface area (Å²) in [7, 11) is 3.25. The van der Waals surface area contributed by atoms with E-state index in [-0.39, 0.29) is 0 Å². The molecule has 0 unspecified atom stereocenters. The molecular weight excluding hydrogens is 449 g/mol. The van der Waals surface area contributed by atoms with E-state index in [4.69, 9.17) is 9.47 Å². The van der Waals surface area contributed by atoms with Crippen LogP contribution in [0, 0.1) is 3.57 Å². The smallest absolute Gasteiger partial charge is 0.203 e. The number of hydrogen-bond acceptors (Lipinski definition) is 6. The lowest BCUT2D eigenvalue weighted by Crippen LogP contribution is -1.96. The van der Waals surface area contributed by atoms with Crippen LogP contribution >= 0.6 is 33.9 Å². The summed E-state index contributed by atoms with van der Waals surface area (Å²) >= 11 is 3.72. The third kappa shape index (κ3) is 4.29. The fourth-order valence-electron chi connectivity index (χ4n) is 2.24. The minimum Gasteiger partial charge on any atom is -0.493 e. The summed E-state index contributed by atoms with van der Waals surface area (Å²) in [5, 5.41) is 7.01. The number of anilines is 1. The van der Waals surface area contributed by atoms with Crippen molar-refractivity contribution in [3.05, 3.63) is 57.0 Å². The Morgan fingerprint density at radius 2 is 1.96 bits per heavy atom. The molecule has 0 amide bonds. The second-order valence-corrected chi connectivity index (χ2v) is 7.03. The maximum Gasteiger partial charge on any atom is 0.203 e. The molecule has 0 bridgehead atoms. The third-order valence-electron chi connectivity index (χ3n) is 3.40. The molecule has 0 aliphatic carbocycles. The monoisotopic (exact) mass is 465 g/mol. The van der Waals surface area contributed by atoms with E-state index in [1.54, 1.807) is 20.4 Å². The molecule has 128 valence electrons. The van der Waals surface area contributed by atoms with Gasteiger partial charge in [-0.3, -0.25) is 5.43 Å². The zero-order valence-electron chi connectivity index (χ0n) is 13.7. The molecule has 1 N–H and O–H groups in total. The van der Waals surface area contributed by atoms with Crippen LogP contribution in [0.5, 0.6) is 11.5 Å². The predicted molar refractivity (Wildman–Crippen MR) is 111 cm³/mol. The van der Waals surface area contributed by atoms with Crippen LogP contribution in [0.3, 0.4) is 0 Å². The molecule has 3 aromatic rings. The number of thiazole rings is 1. The van der Waals surface area contributed by atoms with Gasteiger partial charge in [0.15, 0.2) is 11.5 Å². The van der Waals surface area contributed by atoms with Crippen LogP contribution in [-0.4, -0.2) is 25.4 Å². The average Bonchev–Trinajstić information content (AvgIpc) is 3.11. The van der Waals surface area contributed by atoms with Gasteiger partial charge in [0.05, 0.1) is 29.7 Å². The number of ether oxygens (including phenoxy) is 2. The Bertz CT molecular complexity index is 881. The molecule has 2 aromatic carbocycles. The van der Waals surface area contributed by atoms with E-state index in [9.17, 15) is 0 Å². The van der Waals surface area contributed by atoms with Gasteiger partial charge in [-0.1, -0.05) is 30.3 Å². The van der Waals surface area contributed by atoms with Gasteiger partial charge >= 0.3 is 0 Å². The summed E-state index contributed by atoms with van der Waals surface area (Å²) in [6, 6.07) is 13.9. The molecule has 3 rings (SSSR count). The SMILES string of the molecule is COc1cc(C=NNc2nc(-c3ccccc3)cs2)cc(I)c1OC. The molecule has 1 heterocycles. The standard InChI is InChI=1S/C18H16IN3O2S/c1-23-16-9-12(8-14(19)17(16)24-2)10-20-22-18-21-15(11-25-18)13-6-4-3-5-7-13/h3-11H,1-2H3,(H,21,22). The Kier molecular flexibility index (Phi) is 5.87. The quantitative estimate of drug-likeness (QED) is 0.321. The molecular formula is C18H16IN3O2S. The first-order chi connectivity index (χ1) is 12.2. The van der Waals surface area contributed by atoms with Gasteiger partial charge in [0.1, 0.15) is 0 Å². The Balaban J connectivity index is 1.72. The summed E-state index contributed by atoms with van der Waals surface area (Å²) in [5.74, 6) is 1.40. The largest absolute Gasteiger partial charge is 0.493 e. The molecule has 0 spiro atoms. The first kappa shape index (κ1) is 17.7. The second-order valence-electron chi connectivity index (χ2n) is 5.01. The van der Waals surface area contributed by atoms with E-state index in [0.29, 0.717) is 5.75 Å². The van der Waals surface area contributed by atoms with Crippen LogP contribution in [0.25, 0.3) is 11.3 Å². The molecule has 0 atom stereocenters. The maximum absolute atomic E-state index is 5.35. The Morgan fingerprint density at radius 1 is 1.16 bits per heavy atom. The Hall–Kier alpha value is -2.13. The van der Waals surface area contributed by atoms with Crippen molar-refractivity contribution in [2.24, 2.45) is 5.10 Å². The van der Waals surface area contributed by atoms with Gasteiger partial charge in [-0.2, -0.15) is 5.10 Å². The van der Waals surface area contributed by atoms with Gasteiger partial charge in [-0.25, -0.2) is 4.98 Å². The number of rotatable bonds is 6. The summed E-state index contributed by atoms with van der Waals surface area (Å²) < 4.78 is 11.7. The average molecular weight is 465 g/mol. The third-order valence-corrected chi connectivity index (χ3v) is 4.95. The summed E-state index contributed by atoms with van der Waals surface area (Å²) in [5.41, 5.74) is 5.91. The first-order valence-electron chi connectivity index (χ1n) is 7.43. The number of methoxy groups -OCH3 is 2. The summed E-state index contributed by atoms with van der Waals surface area (Å²) in [6.07, 6.45) is 1.73. The van der Waals surface area contributed by atoms with Crippen molar-refractivity contribution >= 4 is 45.3 Å². The number of hydrogen-bond donors (Lipinski definition) is 1. The molecule has 5 nitrogen and oxygen atoms in total. The highest BCUT2D eigenvalue weighted by Crippen LogP contribution is 2.33. The fraction of sp³-hybridized carbons (Fsp3) is 0.111. The van der Waals surface area contributed by atoms with E-state index in [2.05, 4.69) is 38.1 Å². The zero-order chi connectivity index (χ0) is 17.6. The van der Waals surface area contributed by atoms with Gasteiger partial charge in [0.25, 0.3) is 0 Å². The maximum atomic E-state index is 5.35. The zero-order valence-corrected chi connectivity index (χ0v) is 16.7. The lowest BCUT2D eigenvalue weighted by molar-refractivity contribution is 0.353. The molecule has 0 saturated heterocycles. The van der Waals surface area contributed by atoms with E-state index in [0.717, 1.165) is 31.3 Å². The predicted octanol–water partition coefficient (Wildman–Crippen LogP) is 4.88. The van der Waals surface area contributed by atoms with Gasteiger partial charge < -0.3 is 9.47 Å². The number of nitrogens with zero attached hydrogens (tertiary/aromatic N) is 2. The first-order valence-corrected chi connectivity index (χ1v) is 9.38. The fourth-order valence-corrected chi connectivity index (χ4v) is 3.76. The van der Waals surface area contributed by atoms with Crippen molar-refractivity contribution in [3.63, 3.8) is 0 Å². The van der Waals surface area contributed by atoms with E-state index in [1.807, 2.05) is 47.8 Å². The van der Waals surface area contributed by atoms with Crippen molar-refractivity contribution in [1.82, 2.24) is 4.98 Å². The second kappa shape index (κ2) is 8.30. The highest BCUT2D eigenvalue weighted by molar-refractivity contribution is 14.1. The van der Waals surface area contributed by atoms with Crippen molar-refractivity contribution in [1.29, 1.82) is 0 Å². The van der Waals surface area contributed by atoms with Crippen LogP contribution in [0.15, 0.2) is 52.9 Å². The lowest BCUT2D eigenvalue weighted by atomic mass is 10.2. The number of nitrogens with one attached hydrogen (secondary N) is 1. The van der Waals surface area contributed by atoms with E-state index >= 15 is 0 Å². The van der Waals surface area contributed by atoms with E-state index < -0.39 is 0 Å². The van der Waals surface area contributed by atoms with Gasteiger partial charge in [0.2, 0.25) is 5.13 Å². The number of hydrazone groups is 1. The summed E-state index contributed by atoms with van der Waals surface area (Å²) in [4.78, 5) is 4.54. The molecule has 0 aliphatic heterocycles. The van der Waals surface area contributed by atoms with Crippen molar-refractivity contribution in [2.45, 2.75) is 0 Å². The summed E-state index contributed by atoms with van der Waals surface area (Å²) in [6.45, 7) is 0. The van der Waals surface area contributed by atoms with Gasteiger partial charge in [0, 0.05) is 10.9 Å². The Labute approximate surface area is 163 Å². The number of halogens is 1. The van der Waals surface area contributed by atoms with Crippen LogP contribution in [0.4, 0.5) is 5.13 Å². The van der Waals surface area contributed by atoms with Gasteiger partial charge in [-0.05, 0) is 40.3 Å². The minimum atomic E-state index is 0.677. The lowest BCUT2D eigenvalue weighted by Gasteiger charge is -2.10. The van der Waals surface area contributed by atoms with Crippen LogP contribution in [0.1, 0.15) is 5.56 Å². The number of benzene rings is 2. The minimum absolute atomic E-state index is 0.677. The highest BCUT2D eigenvalue weighted by atomic mass is 127. The van der Waals surface area contributed by atoms with Crippen LogP contribution in [-0.2, 0) is 0 Å². The van der Waals surface area contributed by atoms with Crippen LogP contribution in [0.2, 0.25) is 0 Å². The molecule has 0 fully saturated rings. The van der Waals surface area contributed by atoms with Gasteiger partial charge in [-0.15, -0.1) is 11.3 Å².